The quantitative estimate of drug-likeness (QED) is 0.837. The summed E-state index contributed by atoms with van der Waals surface area (Å²) in [6, 6.07) is 5.04. The number of hydrogen-bond donors (Lipinski definition) is 1. The normalized spacial score (nSPS) is 12.9. The van der Waals surface area contributed by atoms with Gasteiger partial charge in [0.2, 0.25) is 0 Å². The number of benzene rings is 1. The fourth-order valence-corrected chi connectivity index (χ4v) is 2.56. The molecule has 0 fully saturated rings. The minimum Gasteiger partial charge on any atom is -0.386 e. The first kappa shape index (κ1) is 12.2. The predicted octanol–water partition coefficient (Wildman–Crippen LogP) is 1.63. The van der Waals surface area contributed by atoms with Crippen molar-refractivity contribution in [1.29, 1.82) is 0 Å². The molecule has 0 spiro atoms. The van der Waals surface area contributed by atoms with Crippen LogP contribution in [-0.4, -0.2) is 19.8 Å². The number of aryl methyl sites for hydroxylation is 1. The number of aliphatic hydroxyl groups is 1. The molecule has 0 aliphatic carbocycles. The SMILES string of the molecule is Cc1ccc(C(C)(C)O)c(S(C)(=O)=O)c1. The second-order valence-electron chi connectivity index (χ2n) is 4.33. The Labute approximate surface area is 90.7 Å². The molecular weight excluding hydrogens is 212 g/mol. The molecule has 1 aromatic rings. The van der Waals surface area contributed by atoms with Crippen LogP contribution in [0, 0.1) is 6.92 Å². The van der Waals surface area contributed by atoms with Crippen LogP contribution >= 0.6 is 0 Å². The standard InChI is InChI=1S/C11H16O3S/c1-8-5-6-9(11(2,3)12)10(7-8)15(4,13)14/h5-7,12H,1-4H3. The minimum atomic E-state index is -3.30. The van der Waals surface area contributed by atoms with Crippen molar-refractivity contribution < 1.29 is 13.5 Å². The fourth-order valence-electron chi connectivity index (χ4n) is 1.44. The molecule has 0 radical (unpaired) electrons. The topological polar surface area (TPSA) is 54.4 Å². The zero-order chi connectivity index (χ0) is 11.9. The van der Waals surface area contributed by atoms with Gasteiger partial charge in [-0.2, -0.15) is 0 Å². The summed E-state index contributed by atoms with van der Waals surface area (Å²) in [7, 11) is -3.30. The maximum Gasteiger partial charge on any atom is 0.175 e. The van der Waals surface area contributed by atoms with E-state index in [0.717, 1.165) is 11.8 Å². The van der Waals surface area contributed by atoms with Gasteiger partial charge in [-0.05, 0) is 32.4 Å². The van der Waals surface area contributed by atoms with Crippen LogP contribution in [0.15, 0.2) is 23.1 Å². The molecule has 0 aliphatic heterocycles. The molecule has 15 heavy (non-hydrogen) atoms. The minimum absolute atomic E-state index is 0.204. The molecule has 1 N–H and O–H groups in total. The molecule has 0 aromatic heterocycles. The van der Waals surface area contributed by atoms with Gasteiger partial charge in [-0.15, -0.1) is 0 Å². The van der Waals surface area contributed by atoms with E-state index in [9.17, 15) is 13.5 Å². The van der Waals surface area contributed by atoms with Gasteiger partial charge >= 0.3 is 0 Å². The number of rotatable bonds is 2. The molecule has 1 aromatic carbocycles. The zero-order valence-electron chi connectivity index (χ0n) is 9.40. The van der Waals surface area contributed by atoms with Crippen LogP contribution in [0.5, 0.6) is 0 Å². The molecule has 1 rings (SSSR count). The lowest BCUT2D eigenvalue weighted by atomic mass is 9.97. The van der Waals surface area contributed by atoms with E-state index in [1.807, 2.05) is 6.92 Å². The highest BCUT2D eigenvalue weighted by Crippen LogP contribution is 2.27. The highest BCUT2D eigenvalue weighted by atomic mass is 32.2. The van der Waals surface area contributed by atoms with E-state index in [2.05, 4.69) is 0 Å². The lowest BCUT2D eigenvalue weighted by molar-refractivity contribution is 0.0755. The van der Waals surface area contributed by atoms with Gasteiger partial charge < -0.3 is 5.11 Å². The van der Waals surface area contributed by atoms with Crippen LogP contribution in [0.1, 0.15) is 25.0 Å². The van der Waals surface area contributed by atoms with Gasteiger partial charge in [-0.3, -0.25) is 0 Å². The van der Waals surface area contributed by atoms with Crippen LogP contribution in [0.25, 0.3) is 0 Å². The summed E-state index contributed by atoms with van der Waals surface area (Å²) < 4.78 is 23.1. The van der Waals surface area contributed by atoms with Gasteiger partial charge in [-0.25, -0.2) is 8.42 Å². The monoisotopic (exact) mass is 228 g/mol. The first-order valence-electron chi connectivity index (χ1n) is 4.66. The molecule has 0 amide bonds. The van der Waals surface area contributed by atoms with Gasteiger partial charge in [0, 0.05) is 11.8 Å². The summed E-state index contributed by atoms with van der Waals surface area (Å²) in [4.78, 5) is 0.204. The first-order valence-corrected chi connectivity index (χ1v) is 6.55. The van der Waals surface area contributed by atoms with Crippen LogP contribution in [0.4, 0.5) is 0 Å². The van der Waals surface area contributed by atoms with Crippen molar-refractivity contribution in [2.45, 2.75) is 31.3 Å². The average Bonchev–Trinajstić information content (AvgIpc) is 2.00. The fraction of sp³-hybridized carbons (Fsp3) is 0.455. The third kappa shape index (κ3) is 2.79. The van der Waals surface area contributed by atoms with Gasteiger partial charge in [0.25, 0.3) is 0 Å². The summed E-state index contributed by atoms with van der Waals surface area (Å²) in [5.41, 5.74) is 0.158. The summed E-state index contributed by atoms with van der Waals surface area (Å²) >= 11 is 0. The molecule has 0 heterocycles. The second kappa shape index (κ2) is 3.61. The molecule has 3 nitrogen and oxygen atoms in total. The lowest BCUT2D eigenvalue weighted by Gasteiger charge is -2.21. The Bertz CT molecular complexity index is 467. The Morgan fingerprint density at radius 2 is 1.80 bits per heavy atom. The molecule has 0 atom stereocenters. The third-order valence-electron chi connectivity index (χ3n) is 2.20. The zero-order valence-corrected chi connectivity index (χ0v) is 10.2. The summed E-state index contributed by atoms with van der Waals surface area (Å²) in [5.74, 6) is 0. The predicted molar refractivity (Wildman–Crippen MR) is 59.5 cm³/mol. The summed E-state index contributed by atoms with van der Waals surface area (Å²) in [6.45, 7) is 4.97. The van der Waals surface area contributed by atoms with Crippen molar-refractivity contribution in [3.8, 4) is 0 Å². The van der Waals surface area contributed by atoms with E-state index in [1.165, 1.54) is 0 Å². The van der Waals surface area contributed by atoms with Gasteiger partial charge in [0.05, 0.1) is 10.5 Å². The maximum atomic E-state index is 11.5. The lowest BCUT2D eigenvalue weighted by Crippen LogP contribution is -2.19. The van der Waals surface area contributed by atoms with Crippen molar-refractivity contribution in [3.63, 3.8) is 0 Å². The van der Waals surface area contributed by atoms with E-state index in [0.29, 0.717) is 5.56 Å². The number of sulfone groups is 1. The maximum absolute atomic E-state index is 11.5. The molecule has 4 heteroatoms. The summed E-state index contributed by atoms with van der Waals surface area (Å²) in [5, 5.41) is 9.86. The van der Waals surface area contributed by atoms with E-state index in [4.69, 9.17) is 0 Å². The van der Waals surface area contributed by atoms with Gasteiger partial charge in [0.15, 0.2) is 9.84 Å². The molecule has 0 unspecified atom stereocenters. The molecule has 84 valence electrons. The van der Waals surface area contributed by atoms with E-state index in [1.54, 1.807) is 32.0 Å². The Morgan fingerprint density at radius 1 is 1.27 bits per heavy atom. The van der Waals surface area contributed by atoms with Crippen molar-refractivity contribution in [3.05, 3.63) is 29.3 Å². The molecule has 0 bridgehead atoms. The van der Waals surface area contributed by atoms with Crippen LogP contribution in [-0.2, 0) is 15.4 Å². The number of hydrogen-bond acceptors (Lipinski definition) is 3. The molecule has 0 saturated carbocycles. The van der Waals surface area contributed by atoms with Crippen molar-refractivity contribution in [1.82, 2.24) is 0 Å². The largest absolute Gasteiger partial charge is 0.386 e. The Kier molecular flexibility index (Phi) is 2.94. The van der Waals surface area contributed by atoms with E-state index in [-0.39, 0.29) is 4.90 Å². The smallest absolute Gasteiger partial charge is 0.175 e. The molecule has 0 aliphatic rings. The Hall–Kier alpha value is -0.870. The molecular formula is C11H16O3S. The second-order valence-corrected chi connectivity index (χ2v) is 6.31. The Morgan fingerprint density at radius 3 is 2.20 bits per heavy atom. The van der Waals surface area contributed by atoms with E-state index < -0.39 is 15.4 Å². The van der Waals surface area contributed by atoms with Crippen molar-refractivity contribution >= 4 is 9.84 Å². The highest BCUT2D eigenvalue weighted by molar-refractivity contribution is 7.90. The Balaban J connectivity index is 3.55. The molecule has 0 saturated heterocycles. The highest BCUT2D eigenvalue weighted by Gasteiger charge is 2.24. The van der Waals surface area contributed by atoms with Crippen molar-refractivity contribution in [2.75, 3.05) is 6.26 Å². The van der Waals surface area contributed by atoms with Crippen LogP contribution in [0.2, 0.25) is 0 Å². The van der Waals surface area contributed by atoms with Gasteiger partial charge in [-0.1, -0.05) is 12.1 Å². The first-order chi connectivity index (χ1) is 6.62. The van der Waals surface area contributed by atoms with Gasteiger partial charge in [0.1, 0.15) is 0 Å². The summed E-state index contributed by atoms with van der Waals surface area (Å²) in [6.07, 6.45) is 1.15. The van der Waals surface area contributed by atoms with Crippen molar-refractivity contribution in [2.24, 2.45) is 0 Å². The average molecular weight is 228 g/mol. The van der Waals surface area contributed by atoms with Crippen LogP contribution in [0.3, 0.4) is 0 Å². The third-order valence-corrected chi connectivity index (χ3v) is 3.33. The van der Waals surface area contributed by atoms with E-state index >= 15 is 0 Å². The van der Waals surface area contributed by atoms with Crippen LogP contribution < -0.4 is 0 Å².